The van der Waals surface area contributed by atoms with E-state index in [9.17, 15) is 0 Å². The van der Waals surface area contributed by atoms with Gasteiger partial charge in [0.05, 0.1) is 6.54 Å². The van der Waals surface area contributed by atoms with Crippen molar-refractivity contribution >= 4 is 0 Å². The van der Waals surface area contributed by atoms with Crippen LogP contribution in [0.4, 0.5) is 0 Å². The summed E-state index contributed by atoms with van der Waals surface area (Å²) < 4.78 is 5.52. The second-order valence-electron chi connectivity index (χ2n) is 7.76. The SMILES string of the molecule is CN(C)[C@@H]1CN(Cc2noc(C3CCCC3)n2)C[C@H]1C1CC1. The highest BCUT2D eigenvalue weighted by Gasteiger charge is 2.43. The van der Waals surface area contributed by atoms with E-state index in [1.807, 2.05) is 0 Å². The zero-order valence-electron chi connectivity index (χ0n) is 13.9. The van der Waals surface area contributed by atoms with E-state index in [1.165, 1.54) is 45.1 Å². The van der Waals surface area contributed by atoms with Crippen molar-refractivity contribution in [3.63, 3.8) is 0 Å². The van der Waals surface area contributed by atoms with Crippen molar-refractivity contribution < 1.29 is 4.52 Å². The highest BCUT2D eigenvalue weighted by atomic mass is 16.5. The van der Waals surface area contributed by atoms with E-state index >= 15 is 0 Å². The van der Waals surface area contributed by atoms with Crippen molar-refractivity contribution in [2.45, 2.75) is 57.0 Å². The molecular weight excluding hydrogens is 276 g/mol. The van der Waals surface area contributed by atoms with E-state index in [0.717, 1.165) is 36.6 Å². The number of likely N-dealkylation sites (tertiary alicyclic amines) is 1. The number of hydrogen-bond acceptors (Lipinski definition) is 5. The van der Waals surface area contributed by atoms with Gasteiger partial charge in [-0.2, -0.15) is 4.98 Å². The molecule has 5 nitrogen and oxygen atoms in total. The van der Waals surface area contributed by atoms with Gasteiger partial charge < -0.3 is 9.42 Å². The van der Waals surface area contributed by atoms with Gasteiger partial charge in [-0.15, -0.1) is 0 Å². The molecule has 2 saturated carbocycles. The van der Waals surface area contributed by atoms with E-state index in [4.69, 9.17) is 4.52 Å². The molecule has 2 atom stereocenters. The van der Waals surface area contributed by atoms with Gasteiger partial charge in [0.15, 0.2) is 5.82 Å². The minimum absolute atomic E-state index is 0.522. The first-order chi connectivity index (χ1) is 10.7. The third-order valence-electron chi connectivity index (χ3n) is 5.85. The van der Waals surface area contributed by atoms with Gasteiger partial charge in [0.2, 0.25) is 5.89 Å². The molecule has 0 aromatic carbocycles. The Balaban J connectivity index is 1.39. The van der Waals surface area contributed by atoms with Gasteiger partial charge in [-0.05, 0) is 51.6 Å². The maximum Gasteiger partial charge on any atom is 0.229 e. The molecule has 0 amide bonds. The molecule has 3 aliphatic rings. The summed E-state index contributed by atoms with van der Waals surface area (Å²) >= 11 is 0. The van der Waals surface area contributed by atoms with Gasteiger partial charge >= 0.3 is 0 Å². The second-order valence-corrected chi connectivity index (χ2v) is 7.76. The predicted octanol–water partition coefficient (Wildman–Crippen LogP) is 2.50. The molecule has 0 N–H and O–H groups in total. The number of likely N-dealkylation sites (N-methyl/N-ethyl adjacent to an activating group) is 1. The normalized spacial score (nSPS) is 30.7. The minimum Gasteiger partial charge on any atom is -0.339 e. The first-order valence-corrected chi connectivity index (χ1v) is 8.92. The summed E-state index contributed by atoms with van der Waals surface area (Å²) in [5, 5.41) is 4.24. The van der Waals surface area contributed by atoms with Crippen LogP contribution in [0.2, 0.25) is 0 Å². The molecular formula is C17H28N4O. The van der Waals surface area contributed by atoms with Crippen molar-refractivity contribution in [1.82, 2.24) is 19.9 Å². The van der Waals surface area contributed by atoms with Crippen LogP contribution < -0.4 is 0 Å². The van der Waals surface area contributed by atoms with Crippen LogP contribution in [-0.2, 0) is 6.54 Å². The Morgan fingerprint density at radius 3 is 2.59 bits per heavy atom. The summed E-state index contributed by atoms with van der Waals surface area (Å²) in [6.07, 6.45) is 7.91. The van der Waals surface area contributed by atoms with Gasteiger partial charge in [-0.25, -0.2) is 0 Å². The van der Waals surface area contributed by atoms with Crippen molar-refractivity contribution in [1.29, 1.82) is 0 Å². The molecule has 0 bridgehead atoms. The molecule has 0 spiro atoms. The zero-order chi connectivity index (χ0) is 15.1. The lowest BCUT2D eigenvalue weighted by Crippen LogP contribution is -2.36. The molecule has 3 fully saturated rings. The molecule has 22 heavy (non-hydrogen) atoms. The summed E-state index contributed by atoms with van der Waals surface area (Å²) in [6.45, 7) is 3.19. The van der Waals surface area contributed by atoms with Gasteiger partial charge in [-0.1, -0.05) is 18.0 Å². The fourth-order valence-corrected chi connectivity index (χ4v) is 4.43. The summed E-state index contributed by atoms with van der Waals surface area (Å²) in [6, 6.07) is 0.689. The van der Waals surface area contributed by atoms with Crippen LogP contribution in [0.5, 0.6) is 0 Å². The Morgan fingerprint density at radius 2 is 1.91 bits per heavy atom. The Bertz CT molecular complexity index is 495. The highest BCUT2D eigenvalue weighted by molar-refractivity contribution is 5.00. The third-order valence-corrected chi connectivity index (χ3v) is 5.85. The van der Waals surface area contributed by atoms with Crippen LogP contribution in [0.3, 0.4) is 0 Å². The van der Waals surface area contributed by atoms with Gasteiger partial charge in [0.25, 0.3) is 0 Å². The van der Waals surface area contributed by atoms with E-state index in [-0.39, 0.29) is 0 Å². The van der Waals surface area contributed by atoms with Gasteiger partial charge in [0.1, 0.15) is 0 Å². The van der Waals surface area contributed by atoms with Crippen molar-refractivity contribution in [3.05, 3.63) is 11.7 Å². The number of aromatic nitrogens is 2. The van der Waals surface area contributed by atoms with Crippen LogP contribution in [-0.4, -0.2) is 53.2 Å². The molecule has 4 rings (SSSR count). The highest BCUT2D eigenvalue weighted by Crippen LogP contribution is 2.42. The van der Waals surface area contributed by atoms with E-state index < -0.39 is 0 Å². The zero-order valence-corrected chi connectivity index (χ0v) is 13.9. The van der Waals surface area contributed by atoms with E-state index in [0.29, 0.717) is 12.0 Å². The summed E-state index contributed by atoms with van der Waals surface area (Å²) in [7, 11) is 4.44. The Labute approximate surface area is 133 Å². The topological polar surface area (TPSA) is 45.4 Å². The molecule has 0 unspecified atom stereocenters. The molecule has 122 valence electrons. The molecule has 0 radical (unpaired) electrons. The van der Waals surface area contributed by atoms with E-state index in [1.54, 1.807) is 0 Å². The quantitative estimate of drug-likeness (QED) is 0.836. The average molecular weight is 304 g/mol. The van der Waals surface area contributed by atoms with Crippen LogP contribution in [0.1, 0.15) is 56.2 Å². The fraction of sp³-hybridized carbons (Fsp3) is 0.882. The molecule has 1 aromatic rings. The Morgan fingerprint density at radius 1 is 1.14 bits per heavy atom. The standard InChI is InChI=1S/C17H28N4O/c1-20(2)15-10-21(9-14(15)12-7-8-12)11-16-18-17(22-19-16)13-5-3-4-6-13/h12-15H,3-11H2,1-2H3/t14-,15+/m0/s1. The Hall–Kier alpha value is -0.940. The van der Waals surface area contributed by atoms with Gasteiger partial charge in [0, 0.05) is 25.0 Å². The predicted molar refractivity (Wildman–Crippen MR) is 84.5 cm³/mol. The largest absolute Gasteiger partial charge is 0.339 e. The van der Waals surface area contributed by atoms with Crippen LogP contribution in [0, 0.1) is 11.8 Å². The smallest absolute Gasteiger partial charge is 0.229 e. The Kier molecular flexibility index (Phi) is 3.95. The number of rotatable bonds is 5. The second kappa shape index (κ2) is 5.93. The monoisotopic (exact) mass is 304 g/mol. The fourth-order valence-electron chi connectivity index (χ4n) is 4.43. The maximum atomic E-state index is 5.52. The van der Waals surface area contributed by atoms with Crippen LogP contribution >= 0.6 is 0 Å². The van der Waals surface area contributed by atoms with Crippen molar-refractivity contribution in [2.24, 2.45) is 11.8 Å². The summed E-state index contributed by atoms with van der Waals surface area (Å²) in [5.74, 6) is 4.08. The molecule has 1 aromatic heterocycles. The first-order valence-electron chi connectivity index (χ1n) is 8.92. The molecule has 5 heteroatoms. The summed E-state index contributed by atoms with van der Waals surface area (Å²) in [4.78, 5) is 9.61. The van der Waals surface area contributed by atoms with E-state index in [2.05, 4.69) is 34.0 Å². The van der Waals surface area contributed by atoms with Crippen LogP contribution in [0.25, 0.3) is 0 Å². The molecule has 2 aliphatic carbocycles. The molecule has 1 saturated heterocycles. The number of hydrogen-bond donors (Lipinski definition) is 0. The molecule has 2 heterocycles. The average Bonchev–Trinajstić information content (AvgIpc) is 2.96. The van der Waals surface area contributed by atoms with Gasteiger partial charge in [-0.3, -0.25) is 4.90 Å². The summed E-state index contributed by atoms with van der Waals surface area (Å²) in [5.41, 5.74) is 0. The molecule has 1 aliphatic heterocycles. The van der Waals surface area contributed by atoms with Crippen molar-refractivity contribution in [2.75, 3.05) is 27.2 Å². The maximum absolute atomic E-state index is 5.52. The minimum atomic E-state index is 0.522. The van der Waals surface area contributed by atoms with Crippen molar-refractivity contribution in [3.8, 4) is 0 Å². The first kappa shape index (κ1) is 14.6. The van der Waals surface area contributed by atoms with Crippen LogP contribution in [0.15, 0.2) is 4.52 Å². The third kappa shape index (κ3) is 2.93. The lowest BCUT2D eigenvalue weighted by Gasteiger charge is -2.24. The number of nitrogens with zero attached hydrogens (tertiary/aromatic N) is 4. The lowest BCUT2D eigenvalue weighted by molar-refractivity contribution is 0.232. The lowest BCUT2D eigenvalue weighted by atomic mass is 9.97.